The number of nitrogens with zero attached hydrogens (tertiary/aromatic N) is 1. The third-order valence-corrected chi connectivity index (χ3v) is 6.42. The van der Waals surface area contributed by atoms with E-state index in [0.717, 1.165) is 31.3 Å². The van der Waals surface area contributed by atoms with Crippen LogP contribution in [0.2, 0.25) is 0 Å². The van der Waals surface area contributed by atoms with Gasteiger partial charge in [-0.3, -0.25) is 4.79 Å². The number of halogens is 5. The summed E-state index contributed by atoms with van der Waals surface area (Å²) in [6.45, 7) is -0.927. The zero-order valence-electron chi connectivity index (χ0n) is 17.8. The van der Waals surface area contributed by atoms with E-state index in [1.165, 1.54) is 18.2 Å². The number of nitrogens with one attached hydrogen (secondary N) is 1. The number of amides is 1. The molecule has 0 aliphatic carbocycles. The number of methoxy groups -OCH3 is 2. The van der Waals surface area contributed by atoms with Gasteiger partial charge in [-0.25, -0.2) is 17.9 Å². The Morgan fingerprint density at radius 2 is 1.88 bits per heavy atom. The number of benzene rings is 2. The van der Waals surface area contributed by atoms with Gasteiger partial charge in [0, 0.05) is 19.2 Å². The second kappa shape index (κ2) is 9.00. The van der Waals surface area contributed by atoms with E-state index in [0.29, 0.717) is 6.07 Å². The van der Waals surface area contributed by atoms with Crippen LogP contribution < -0.4 is 20.1 Å². The smallest absolute Gasteiger partial charge is 0.419 e. The monoisotopic (exact) mass is 509 g/mol. The number of rotatable bonds is 6. The van der Waals surface area contributed by atoms with Crippen molar-refractivity contribution in [3.8, 4) is 5.75 Å². The van der Waals surface area contributed by atoms with Crippen LogP contribution in [0, 0.1) is 11.6 Å². The Kier molecular flexibility index (Phi) is 6.79. The molecular formula is C20H20F5N3O5S. The largest absolute Gasteiger partial charge is 0.491 e. The Bertz CT molecular complexity index is 1210. The lowest BCUT2D eigenvalue weighted by atomic mass is 9.99. The molecule has 8 nitrogen and oxygen atoms in total. The second-order valence-electron chi connectivity index (χ2n) is 7.52. The summed E-state index contributed by atoms with van der Waals surface area (Å²) in [6, 6.07) is 4.86. The minimum Gasteiger partial charge on any atom is -0.491 e. The van der Waals surface area contributed by atoms with E-state index in [4.69, 9.17) is 14.6 Å². The van der Waals surface area contributed by atoms with E-state index in [2.05, 4.69) is 5.32 Å². The summed E-state index contributed by atoms with van der Waals surface area (Å²) >= 11 is 0. The minimum absolute atomic E-state index is 0.0596. The van der Waals surface area contributed by atoms with Crippen LogP contribution in [0.4, 0.5) is 33.3 Å². The summed E-state index contributed by atoms with van der Waals surface area (Å²) in [5.41, 5.74) is -3.17. The first kappa shape index (κ1) is 25.6. The Morgan fingerprint density at radius 1 is 1.21 bits per heavy atom. The first-order chi connectivity index (χ1) is 15.7. The highest BCUT2D eigenvalue weighted by atomic mass is 32.2. The maximum atomic E-state index is 14.3. The highest BCUT2D eigenvalue weighted by Gasteiger charge is 2.63. The van der Waals surface area contributed by atoms with Crippen LogP contribution >= 0.6 is 0 Å². The molecule has 186 valence electrons. The van der Waals surface area contributed by atoms with Gasteiger partial charge in [0.25, 0.3) is 0 Å². The van der Waals surface area contributed by atoms with Crippen LogP contribution in [0.3, 0.4) is 0 Å². The molecule has 0 saturated carbocycles. The summed E-state index contributed by atoms with van der Waals surface area (Å²) in [5, 5.41) is 7.41. The number of anilines is 2. The van der Waals surface area contributed by atoms with E-state index in [-0.39, 0.29) is 16.3 Å². The number of hydrogen-bond acceptors (Lipinski definition) is 6. The van der Waals surface area contributed by atoms with Gasteiger partial charge in [0.05, 0.1) is 24.2 Å². The fourth-order valence-corrected chi connectivity index (χ4v) is 4.31. The van der Waals surface area contributed by atoms with Gasteiger partial charge >= 0.3 is 6.18 Å². The van der Waals surface area contributed by atoms with Gasteiger partial charge < -0.3 is 19.7 Å². The molecule has 0 aromatic heterocycles. The number of sulfonamides is 1. The van der Waals surface area contributed by atoms with Crippen molar-refractivity contribution >= 4 is 27.3 Å². The van der Waals surface area contributed by atoms with Gasteiger partial charge in [-0.05, 0) is 30.3 Å². The normalized spacial score (nSPS) is 20.9. The average molecular weight is 509 g/mol. The van der Waals surface area contributed by atoms with E-state index < -0.39 is 64.1 Å². The highest BCUT2D eigenvalue weighted by Crippen LogP contribution is 2.47. The van der Waals surface area contributed by atoms with E-state index in [9.17, 15) is 35.2 Å². The highest BCUT2D eigenvalue weighted by molar-refractivity contribution is 7.89. The molecule has 1 aliphatic heterocycles. The fourth-order valence-electron chi connectivity index (χ4n) is 3.75. The molecule has 34 heavy (non-hydrogen) atoms. The molecule has 1 heterocycles. The second-order valence-corrected chi connectivity index (χ2v) is 9.08. The maximum absolute atomic E-state index is 14.3. The topological polar surface area (TPSA) is 111 Å². The van der Waals surface area contributed by atoms with Gasteiger partial charge in [-0.15, -0.1) is 0 Å². The third kappa shape index (κ3) is 4.65. The molecule has 0 spiro atoms. The van der Waals surface area contributed by atoms with E-state index in [1.54, 1.807) is 0 Å². The molecule has 2 aromatic rings. The maximum Gasteiger partial charge on any atom is 0.419 e. The molecule has 1 saturated heterocycles. The number of primary sulfonamides is 1. The lowest BCUT2D eigenvalue weighted by Crippen LogP contribution is -2.49. The zero-order valence-corrected chi connectivity index (χ0v) is 18.6. The summed E-state index contributed by atoms with van der Waals surface area (Å²) in [6.07, 6.45) is -5.82. The molecule has 1 aliphatic rings. The van der Waals surface area contributed by atoms with Crippen LogP contribution in [0.1, 0.15) is 6.42 Å². The van der Waals surface area contributed by atoms with Gasteiger partial charge in [0.15, 0.2) is 17.2 Å². The summed E-state index contributed by atoms with van der Waals surface area (Å²) in [7, 11) is -2.30. The lowest BCUT2D eigenvalue weighted by Gasteiger charge is -2.31. The van der Waals surface area contributed by atoms with Crippen LogP contribution in [0.5, 0.6) is 5.75 Å². The predicted octanol–water partition coefficient (Wildman–Crippen LogP) is 2.79. The molecule has 1 fully saturated rings. The number of ether oxygens (including phenoxy) is 2. The molecule has 0 bridgehead atoms. The molecule has 2 atom stereocenters. The molecule has 1 amide bonds. The number of hydrogen-bond donors (Lipinski definition) is 2. The molecule has 3 N–H and O–H groups in total. The van der Waals surface area contributed by atoms with Crippen LogP contribution in [0.15, 0.2) is 41.3 Å². The standard InChI is InChI=1S/C20H20F5N3O5S/c1-32-17-14(7-6-13(21)16(17)22)28-10-19(33-2,20(23,24)25)9-15(28)18(29)27-11-4-3-5-12(8-11)34(26,30)31/h3-8,15H,9-10H2,1-2H3,(H,27,29)(H2,26,30,31)/t15-,19+/m1/s1. The predicted molar refractivity (Wildman–Crippen MR) is 111 cm³/mol. The Labute approximate surface area is 191 Å². The van der Waals surface area contributed by atoms with Crippen LogP contribution in [0.25, 0.3) is 0 Å². The molecule has 0 unspecified atom stereocenters. The average Bonchev–Trinajstić information content (AvgIpc) is 3.16. The molecular weight excluding hydrogens is 489 g/mol. The van der Waals surface area contributed by atoms with Crippen molar-refractivity contribution in [2.24, 2.45) is 5.14 Å². The van der Waals surface area contributed by atoms with E-state index >= 15 is 0 Å². The number of carbonyl (C=O) groups is 1. The lowest BCUT2D eigenvalue weighted by molar-refractivity contribution is -0.261. The van der Waals surface area contributed by atoms with Gasteiger partial charge in [-0.1, -0.05) is 6.07 Å². The molecule has 14 heteroatoms. The number of alkyl halides is 3. The van der Waals surface area contributed by atoms with Crippen molar-refractivity contribution in [3.05, 3.63) is 48.0 Å². The van der Waals surface area contributed by atoms with Crippen molar-refractivity contribution in [2.75, 3.05) is 31.0 Å². The van der Waals surface area contributed by atoms with Gasteiger partial charge in [-0.2, -0.15) is 17.6 Å². The van der Waals surface area contributed by atoms with Crippen molar-refractivity contribution in [1.29, 1.82) is 0 Å². The van der Waals surface area contributed by atoms with Crippen molar-refractivity contribution in [2.45, 2.75) is 29.1 Å². The first-order valence-corrected chi connectivity index (χ1v) is 11.1. The zero-order chi connectivity index (χ0) is 25.5. The minimum atomic E-state index is -4.92. The van der Waals surface area contributed by atoms with E-state index in [1.807, 2.05) is 0 Å². The Hall–Kier alpha value is -2.97. The van der Waals surface area contributed by atoms with Gasteiger partial charge in [0.2, 0.25) is 21.7 Å². The van der Waals surface area contributed by atoms with Gasteiger partial charge in [0.1, 0.15) is 6.04 Å². The fraction of sp³-hybridized carbons (Fsp3) is 0.350. The molecule has 0 radical (unpaired) electrons. The van der Waals surface area contributed by atoms with Crippen LogP contribution in [-0.2, 0) is 19.6 Å². The van der Waals surface area contributed by atoms with Crippen molar-refractivity contribution < 1.29 is 44.6 Å². The number of carbonyl (C=O) groups excluding carboxylic acids is 1. The Balaban J connectivity index is 2.06. The summed E-state index contributed by atoms with van der Waals surface area (Å²) < 4.78 is 103. The van der Waals surface area contributed by atoms with Crippen LogP contribution in [-0.4, -0.2) is 52.9 Å². The quantitative estimate of drug-likeness (QED) is 0.580. The Morgan fingerprint density at radius 3 is 2.44 bits per heavy atom. The van der Waals surface area contributed by atoms with Crippen molar-refractivity contribution in [3.63, 3.8) is 0 Å². The summed E-state index contributed by atoms with van der Waals surface area (Å²) in [4.78, 5) is 13.6. The SMILES string of the molecule is COc1c(N2C[C@](OC)(C(F)(F)F)C[C@@H]2C(=O)Nc2cccc(S(N)(=O)=O)c2)ccc(F)c1F. The number of nitrogens with two attached hydrogens (primary N) is 1. The first-order valence-electron chi connectivity index (χ1n) is 9.58. The summed E-state index contributed by atoms with van der Waals surface area (Å²) in [5.74, 6) is -4.42. The van der Waals surface area contributed by atoms with Crippen molar-refractivity contribution in [1.82, 2.24) is 0 Å². The molecule has 2 aromatic carbocycles. The molecule has 3 rings (SSSR count). The third-order valence-electron chi connectivity index (χ3n) is 5.51.